The maximum Gasteiger partial charge on any atom is 0.314 e. The Balaban J connectivity index is 1.70. The molecule has 29 heavy (non-hydrogen) atoms. The van der Waals surface area contributed by atoms with Crippen LogP contribution in [0.2, 0.25) is 0 Å². The number of carbonyl (C=O) groups is 1. The zero-order valence-corrected chi connectivity index (χ0v) is 17.9. The smallest absolute Gasteiger partial charge is 0.314 e. The van der Waals surface area contributed by atoms with Crippen molar-refractivity contribution < 1.29 is 9.53 Å². The van der Waals surface area contributed by atoms with Gasteiger partial charge in [-0.1, -0.05) is 49.2 Å². The van der Waals surface area contributed by atoms with Crippen molar-refractivity contribution in [3.8, 4) is 5.75 Å². The first kappa shape index (κ1) is 19.8. The number of ether oxygens (including phenoxy) is 1. The summed E-state index contributed by atoms with van der Waals surface area (Å²) in [7, 11) is -0.199. The monoisotopic (exact) mass is 403 g/mol. The van der Waals surface area contributed by atoms with E-state index in [0.29, 0.717) is 0 Å². The predicted molar refractivity (Wildman–Crippen MR) is 119 cm³/mol. The van der Waals surface area contributed by atoms with E-state index in [1.165, 1.54) is 14.7 Å². The van der Waals surface area contributed by atoms with E-state index in [4.69, 9.17) is 4.74 Å². The molecule has 4 rings (SSSR count). The van der Waals surface area contributed by atoms with E-state index in [0.717, 1.165) is 42.6 Å². The minimum atomic E-state index is -0.199. The summed E-state index contributed by atoms with van der Waals surface area (Å²) >= 11 is 0. The molecule has 0 radical (unpaired) electrons. The third-order valence-corrected chi connectivity index (χ3v) is 7.71. The molecule has 1 saturated carbocycles. The van der Waals surface area contributed by atoms with Crippen molar-refractivity contribution in [3.05, 3.63) is 83.9 Å². The van der Waals surface area contributed by atoms with Gasteiger partial charge in [0.25, 0.3) is 0 Å². The van der Waals surface area contributed by atoms with Crippen molar-refractivity contribution in [3.63, 3.8) is 0 Å². The molecule has 0 saturated heterocycles. The third kappa shape index (κ3) is 4.40. The van der Waals surface area contributed by atoms with Crippen LogP contribution < -0.4 is 4.74 Å². The molecule has 1 fully saturated rings. The highest BCUT2D eigenvalue weighted by Gasteiger charge is 2.31. The summed E-state index contributed by atoms with van der Waals surface area (Å²) in [5.41, 5.74) is 2.05. The number of rotatable bonds is 5. The summed E-state index contributed by atoms with van der Waals surface area (Å²) in [4.78, 5) is 16.4. The number of esters is 1. The van der Waals surface area contributed by atoms with Crippen LogP contribution in [0.25, 0.3) is 0 Å². The molecule has 0 spiro atoms. The van der Waals surface area contributed by atoms with Gasteiger partial charge in [-0.3, -0.25) is 4.79 Å². The molecule has 0 atom stereocenters. The lowest BCUT2D eigenvalue weighted by molar-refractivity contribution is -0.138. The minimum Gasteiger partial charge on any atom is -0.426 e. The molecule has 0 aliphatic heterocycles. The Morgan fingerprint density at radius 1 is 0.793 bits per heavy atom. The second kappa shape index (κ2) is 8.87. The molecule has 2 nitrogen and oxygen atoms in total. The molecule has 0 N–H and O–H groups in total. The zero-order chi connectivity index (χ0) is 20.2. The van der Waals surface area contributed by atoms with Gasteiger partial charge in [0.05, 0.1) is 16.8 Å². The summed E-state index contributed by atoms with van der Waals surface area (Å²) < 4.78 is 5.87. The van der Waals surface area contributed by atoms with Crippen molar-refractivity contribution >= 4 is 16.9 Å². The number of carbonyl (C=O) groups excluding carboxylic acids is 1. The average Bonchev–Trinajstić information content (AvgIpc) is 3.28. The number of hydrogen-bond donors (Lipinski definition) is 0. The minimum absolute atomic E-state index is 0.0634. The van der Waals surface area contributed by atoms with Crippen molar-refractivity contribution in [2.45, 2.75) is 54.2 Å². The molecule has 1 aliphatic rings. The van der Waals surface area contributed by atoms with Gasteiger partial charge in [0.1, 0.15) is 5.75 Å². The summed E-state index contributed by atoms with van der Waals surface area (Å²) in [6.07, 6.45) is 4.18. The molecule has 0 unspecified atom stereocenters. The molecule has 3 aromatic carbocycles. The Bertz CT molecular complexity index is 914. The van der Waals surface area contributed by atoms with E-state index in [1.807, 2.05) is 13.8 Å². The first-order valence-electron chi connectivity index (χ1n) is 10.3. The Morgan fingerprint density at radius 2 is 1.28 bits per heavy atom. The maximum atomic E-state index is 12.6. The van der Waals surface area contributed by atoms with Gasteiger partial charge in [-0.05, 0) is 62.1 Å². The second-order valence-corrected chi connectivity index (χ2v) is 9.75. The molecule has 0 heterocycles. The summed E-state index contributed by atoms with van der Waals surface area (Å²) in [6.45, 7) is 4.09. The topological polar surface area (TPSA) is 26.3 Å². The van der Waals surface area contributed by atoms with Crippen LogP contribution in [-0.4, -0.2) is 5.97 Å². The molecule has 0 bridgehead atoms. The van der Waals surface area contributed by atoms with Crippen LogP contribution in [0.15, 0.2) is 87.5 Å². The molecular formula is C26H27O2S+. The lowest BCUT2D eigenvalue weighted by Gasteiger charge is -2.15. The molecule has 1 aliphatic carbocycles. The van der Waals surface area contributed by atoms with Crippen LogP contribution in [0, 0.1) is 19.8 Å². The normalized spacial score (nSPS) is 14.3. The van der Waals surface area contributed by atoms with Crippen molar-refractivity contribution in [2.24, 2.45) is 5.92 Å². The van der Waals surface area contributed by atoms with Crippen LogP contribution in [-0.2, 0) is 15.7 Å². The second-order valence-electron chi connectivity index (χ2n) is 7.72. The molecule has 0 aromatic heterocycles. The van der Waals surface area contributed by atoms with Gasteiger partial charge in [0, 0.05) is 12.1 Å². The maximum absolute atomic E-state index is 12.6. The summed E-state index contributed by atoms with van der Waals surface area (Å²) in [5, 5.41) is 0. The molecule has 3 aromatic rings. The quantitative estimate of drug-likeness (QED) is 0.276. The molecule has 0 amide bonds. The first-order chi connectivity index (χ1) is 14.1. The van der Waals surface area contributed by atoms with E-state index >= 15 is 0 Å². The Hall–Kier alpha value is -2.52. The summed E-state index contributed by atoms with van der Waals surface area (Å²) in [6, 6.07) is 25.6. The van der Waals surface area contributed by atoms with Gasteiger partial charge in [-0.2, -0.15) is 0 Å². The van der Waals surface area contributed by atoms with Crippen LogP contribution in [0.1, 0.15) is 36.8 Å². The Morgan fingerprint density at radius 3 is 1.76 bits per heavy atom. The van der Waals surface area contributed by atoms with Gasteiger partial charge in [0.2, 0.25) is 0 Å². The predicted octanol–water partition coefficient (Wildman–Crippen LogP) is 6.49. The number of hydrogen-bond acceptors (Lipinski definition) is 2. The lowest BCUT2D eigenvalue weighted by atomic mass is 10.1. The highest BCUT2D eigenvalue weighted by Crippen LogP contribution is 2.36. The van der Waals surface area contributed by atoms with Crippen molar-refractivity contribution in [2.75, 3.05) is 0 Å². The van der Waals surface area contributed by atoms with Gasteiger partial charge < -0.3 is 4.74 Å². The molecular weight excluding hydrogens is 376 g/mol. The largest absolute Gasteiger partial charge is 0.426 e. The number of aryl methyl sites for hydroxylation is 2. The van der Waals surface area contributed by atoms with Crippen LogP contribution >= 0.6 is 0 Å². The first-order valence-corrected chi connectivity index (χ1v) is 11.5. The average molecular weight is 404 g/mol. The van der Waals surface area contributed by atoms with E-state index in [1.54, 1.807) is 0 Å². The van der Waals surface area contributed by atoms with E-state index in [2.05, 4.69) is 72.8 Å². The fraction of sp³-hybridized carbons (Fsp3) is 0.269. The number of benzene rings is 3. The van der Waals surface area contributed by atoms with Gasteiger partial charge in [0.15, 0.2) is 14.7 Å². The summed E-state index contributed by atoms with van der Waals surface area (Å²) in [5.74, 6) is 0.735. The van der Waals surface area contributed by atoms with E-state index in [-0.39, 0.29) is 22.8 Å². The van der Waals surface area contributed by atoms with Gasteiger partial charge in [-0.25, -0.2) is 0 Å². The molecule has 3 heteroatoms. The molecule has 148 valence electrons. The highest BCUT2D eigenvalue weighted by molar-refractivity contribution is 7.97. The zero-order valence-electron chi connectivity index (χ0n) is 17.1. The Kier molecular flexibility index (Phi) is 6.05. The van der Waals surface area contributed by atoms with Gasteiger partial charge >= 0.3 is 5.97 Å². The van der Waals surface area contributed by atoms with Crippen molar-refractivity contribution in [1.82, 2.24) is 0 Å². The van der Waals surface area contributed by atoms with Crippen molar-refractivity contribution in [1.29, 1.82) is 0 Å². The standard InChI is InChI=1S/C26H27O2S/c1-19-17-24(18-20(2)25(19)28-26(27)21-11-9-10-12-21)29(22-13-5-3-6-14-22)23-15-7-4-8-16-23/h3-8,13-18,21H,9-12H2,1-2H3/q+1. The van der Waals surface area contributed by atoms with Crippen LogP contribution in [0.5, 0.6) is 5.75 Å². The van der Waals surface area contributed by atoms with Gasteiger partial charge in [-0.15, -0.1) is 0 Å². The van der Waals surface area contributed by atoms with E-state index < -0.39 is 0 Å². The lowest BCUT2D eigenvalue weighted by Crippen LogP contribution is -2.19. The van der Waals surface area contributed by atoms with E-state index in [9.17, 15) is 4.79 Å². The van der Waals surface area contributed by atoms with Crippen LogP contribution in [0.3, 0.4) is 0 Å². The fourth-order valence-corrected chi connectivity index (χ4v) is 6.32. The van der Waals surface area contributed by atoms with Crippen LogP contribution in [0.4, 0.5) is 0 Å². The highest BCUT2D eigenvalue weighted by atomic mass is 32.2. The Labute approximate surface area is 176 Å². The SMILES string of the molecule is Cc1cc([S+](c2ccccc2)c2ccccc2)cc(C)c1OC(=O)C1CCCC1. The fourth-order valence-electron chi connectivity index (χ4n) is 4.06. The third-order valence-electron chi connectivity index (χ3n) is 5.52.